The van der Waals surface area contributed by atoms with Crippen LogP contribution in [0.2, 0.25) is 0 Å². The highest BCUT2D eigenvalue weighted by atomic mass is 16.2. The highest BCUT2D eigenvalue weighted by Gasteiger charge is 2.42. The van der Waals surface area contributed by atoms with Crippen LogP contribution in [0.15, 0.2) is 0 Å². The van der Waals surface area contributed by atoms with E-state index in [-0.39, 0.29) is 23.9 Å². The molecular weight excluding hydrogens is 218 g/mol. The molecule has 0 aromatic heterocycles. The quantitative estimate of drug-likeness (QED) is 0.599. The average Bonchev–Trinajstić information content (AvgIpc) is 2.93. The van der Waals surface area contributed by atoms with Crippen molar-refractivity contribution in [1.82, 2.24) is 16.0 Å². The van der Waals surface area contributed by atoms with Crippen molar-refractivity contribution in [1.29, 1.82) is 0 Å². The minimum Gasteiger partial charge on any atom is -0.354 e. The molecule has 2 aliphatic heterocycles. The van der Waals surface area contributed by atoms with Gasteiger partial charge in [0.25, 0.3) is 0 Å². The van der Waals surface area contributed by atoms with Gasteiger partial charge in [0, 0.05) is 13.0 Å². The van der Waals surface area contributed by atoms with Gasteiger partial charge in [-0.15, -0.1) is 0 Å². The Labute approximate surface area is 101 Å². The lowest BCUT2D eigenvalue weighted by molar-refractivity contribution is -0.124. The summed E-state index contributed by atoms with van der Waals surface area (Å²) < 4.78 is 0. The molecule has 4 atom stereocenters. The zero-order valence-electron chi connectivity index (χ0n) is 9.87. The Hall–Kier alpha value is -1.10. The molecule has 3 rings (SSSR count). The van der Waals surface area contributed by atoms with E-state index < -0.39 is 0 Å². The van der Waals surface area contributed by atoms with Crippen LogP contribution in [0.1, 0.15) is 25.7 Å². The summed E-state index contributed by atoms with van der Waals surface area (Å²) in [6.45, 7) is 1.55. The summed E-state index contributed by atoms with van der Waals surface area (Å²) in [5, 5.41) is 9.04. The molecular formula is C12H19N3O2. The second-order valence-electron chi connectivity index (χ2n) is 5.45. The predicted octanol–water partition coefficient (Wildman–Crippen LogP) is -0.621. The highest BCUT2D eigenvalue weighted by Crippen LogP contribution is 2.37. The molecule has 0 bridgehead atoms. The maximum atomic E-state index is 12.1. The van der Waals surface area contributed by atoms with E-state index in [1.54, 1.807) is 0 Å². The van der Waals surface area contributed by atoms with E-state index in [1.165, 1.54) is 12.8 Å². The molecule has 3 fully saturated rings. The molecule has 94 valence electrons. The van der Waals surface area contributed by atoms with Gasteiger partial charge in [0.2, 0.25) is 11.8 Å². The Morgan fingerprint density at radius 2 is 2.18 bits per heavy atom. The molecule has 1 saturated carbocycles. The van der Waals surface area contributed by atoms with Gasteiger partial charge in [-0.3, -0.25) is 9.59 Å². The Morgan fingerprint density at radius 3 is 2.94 bits per heavy atom. The van der Waals surface area contributed by atoms with Gasteiger partial charge in [0.05, 0.1) is 12.1 Å². The number of nitrogens with one attached hydrogen (secondary N) is 3. The Kier molecular flexibility index (Phi) is 2.78. The van der Waals surface area contributed by atoms with Crippen LogP contribution in [-0.2, 0) is 9.59 Å². The number of fused-ring (bicyclic) bond motifs is 1. The van der Waals surface area contributed by atoms with Gasteiger partial charge in [0.1, 0.15) is 0 Å². The van der Waals surface area contributed by atoms with Crippen molar-refractivity contribution in [2.24, 2.45) is 11.8 Å². The standard InChI is InChI=1S/C12H19N3O2/c16-10-4-8(6-13-10)15-12(17)11-9-3-1-2-7(9)5-14-11/h7-9,11,14H,1-6H2,(H,13,16)(H,15,17). The van der Waals surface area contributed by atoms with Gasteiger partial charge < -0.3 is 16.0 Å². The summed E-state index contributed by atoms with van der Waals surface area (Å²) in [4.78, 5) is 23.2. The SMILES string of the molecule is O=C1CC(NC(=O)C2NCC3CCCC32)CN1. The number of hydrogen-bond donors (Lipinski definition) is 3. The summed E-state index contributed by atoms with van der Waals surface area (Å²) >= 11 is 0. The van der Waals surface area contributed by atoms with Crippen molar-refractivity contribution in [3.05, 3.63) is 0 Å². The molecule has 1 aliphatic carbocycles. The predicted molar refractivity (Wildman–Crippen MR) is 62.2 cm³/mol. The van der Waals surface area contributed by atoms with Gasteiger partial charge in [-0.1, -0.05) is 6.42 Å². The van der Waals surface area contributed by atoms with Gasteiger partial charge >= 0.3 is 0 Å². The fourth-order valence-corrected chi connectivity index (χ4v) is 3.47. The first kappa shape index (κ1) is 11.0. The van der Waals surface area contributed by atoms with Crippen LogP contribution in [0.3, 0.4) is 0 Å². The van der Waals surface area contributed by atoms with E-state index in [9.17, 15) is 9.59 Å². The summed E-state index contributed by atoms with van der Waals surface area (Å²) in [5.41, 5.74) is 0. The molecule has 17 heavy (non-hydrogen) atoms. The molecule has 0 aromatic carbocycles. The second-order valence-corrected chi connectivity index (χ2v) is 5.45. The van der Waals surface area contributed by atoms with E-state index >= 15 is 0 Å². The first-order valence-electron chi connectivity index (χ1n) is 6.54. The molecule has 5 nitrogen and oxygen atoms in total. The first-order chi connectivity index (χ1) is 8.24. The van der Waals surface area contributed by atoms with Crippen LogP contribution in [0.25, 0.3) is 0 Å². The summed E-state index contributed by atoms with van der Waals surface area (Å²) in [6, 6.07) is -0.0459. The topological polar surface area (TPSA) is 70.2 Å². The Morgan fingerprint density at radius 1 is 1.29 bits per heavy atom. The Bertz CT molecular complexity index is 345. The van der Waals surface area contributed by atoms with Gasteiger partial charge in [-0.25, -0.2) is 0 Å². The summed E-state index contributed by atoms with van der Waals surface area (Å²) in [5.74, 6) is 1.32. The smallest absolute Gasteiger partial charge is 0.237 e. The number of carbonyl (C=O) groups excluding carboxylic acids is 2. The van der Waals surface area contributed by atoms with E-state index in [2.05, 4.69) is 16.0 Å². The fourth-order valence-electron chi connectivity index (χ4n) is 3.47. The normalized spacial score (nSPS) is 40.1. The lowest BCUT2D eigenvalue weighted by Crippen LogP contribution is -2.48. The molecule has 2 amide bonds. The zero-order chi connectivity index (χ0) is 11.8. The van der Waals surface area contributed by atoms with Crippen LogP contribution >= 0.6 is 0 Å². The van der Waals surface area contributed by atoms with Gasteiger partial charge in [-0.2, -0.15) is 0 Å². The number of amides is 2. The van der Waals surface area contributed by atoms with Gasteiger partial charge in [-0.05, 0) is 31.2 Å². The van der Waals surface area contributed by atoms with Gasteiger partial charge in [0.15, 0.2) is 0 Å². The van der Waals surface area contributed by atoms with Crippen LogP contribution < -0.4 is 16.0 Å². The van der Waals surface area contributed by atoms with Crippen LogP contribution in [0.4, 0.5) is 0 Å². The molecule has 3 N–H and O–H groups in total. The molecule has 5 heteroatoms. The van der Waals surface area contributed by atoms with Crippen molar-refractivity contribution in [2.75, 3.05) is 13.1 Å². The van der Waals surface area contributed by atoms with E-state index in [1.807, 2.05) is 0 Å². The third-order valence-corrected chi connectivity index (χ3v) is 4.35. The van der Waals surface area contributed by atoms with E-state index in [0.717, 1.165) is 13.0 Å². The monoisotopic (exact) mass is 237 g/mol. The maximum Gasteiger partial charge on any atom is 0.237 e. The Balaban J connectivity index is 1.57. The highest BCUT2D eigenvalue weighted by molar-refractivity contribution is 5.85. The molecule has 0 aromatic rings. The molecule has 4 unspecified atom stereocenters. The first-order valence-corrected chi connectivity index (χ1v) is 6.54. The van der Waals surface area contributed by atoms with E-state index in [0.29, 0.717) is 24.8 Å². The third-order valence-electron chi connectivity index (χ3n) is 4.35. The summed E-state index contributed by atoms with van der Waals surface area (Å²) in [6.07, 6.45) is 4.10. The summed E-state index contributed by atoms with van der Waals surface area (Å²) in [7, 11) is 0. The largest absolute Gasteiger partial charge is 0.354 e. The van der Waals surface area contributed by atoms with Crippen molar-refractivity contribution in [3.8, 4) is 0 Å². The minimum absolute atomic E-state index is 0.0164. The molecule has 2 saturated heterocycles. The van der Waals surface area contributed by atoms with Crippen LogP contribution in [0.5, 0.6) is 0 Å². The zero-order valence-corrected chi connectivity index (χ0v) is 9.87. The average molecular weight is 237 g/mol. The third kappa shape index (κ3) is 2.04. The number of carbonyl (C=O) groups is 2. The lowest BCUT2D eigenvalue weighted by atomic mass is 9.93. The van der Waals surface area contributed by atoms with Crippen LogP contribution in [-0.4, -0.2) is 37.0 Å². The van der Waals surface area contributed by atoms with Crippen molar-refractivity contribution in [3.63, 3.8) is 0 Å². The second kappa shape index (κ2) is 4.29. The van der Waals surface area contributed by atoms with Crippen molar-refractivity contribution >= 4 is 11.8 Å². The van der Waals surface area contributed by atoms with Crippen LogP contribution in [0, 0.1) is 11.8 Å². The fraction of sp³-hybridized carbons (Fsp3) is 0.833. The minimum atomic E-state index is -0.0294. The molecule has 3 aliphatic rings. The number of hydrogen-bond acceptors (Lipinski definition) is 3. The van der Waals surface area contributed by atoms with E-state index in [4.69, 9.17) is 0 Å². The molecule has 2 heterocycles. The maximum absolute atomic E-state index is 12.1. The van der Waals surface area contributed by atoms with Crippen molar-refractivity contribution in [2.45, 2.75) is 37.8 Å². The number of rotatable bonds is 2. The molecule has 0 spiro atoms. The lowest BCUT2D eigenvalue weighted by Gasteiger charge is -2.19. The molecule has 0 radical (unpaired) electrons. The van der Waals surface area contributed by atoms with Crippen molar-refractivity contribution < 1.29 is 9.59 Å².